The molecule has 3 aromatic rings. The van der Waals surface area contributed by atoms with Crippen LogP contribution in [-0.4, -0.2) is 35.8 Å². The maximum absolute atomic E-state index is 13.2. The monoisotopic (exact) mass is 391 g/mol. The van der Waals surface area contributed by atoms with Crippen molar-refractivity contribution >= 4 is 29.2 Å². The summed E-state index contributed by atoms with van der Waals surface area (Å²) in [5.41, 5.74) is 2.49. The van der Waals surface area contributed by atoms with E-state index in [4.69, 9.17) is 4.74 Å². The fourth-order valence-electron chi connectivity index (χ4n) is 2.89. The Hall–Kier alpha value is -3.45. The molecule has 0 aliphatic rings. The molecule has 0 spiro atoms. The third kappa shape index (κ3) is 5.52. The van der Waals surface area contributed by atoms with Crippen LogP contribution < -0.4 is 15.5 Å². The average molecular weight is 391 g/mol. The molecule has 1 aromatic heterocycles. The van der Waals surface area contributed by atoms with Gasteiger partial charge in [-0.15, -0.1) is 0 Å². The second kappa shape index (κ2) is 9.66. The fourth-order valence-corrected chi connectivity index (χ4v) is 2.89. The number of carbonyl (C=O) groups excluding carboxylic acids is 1. The van der Waals surface area contributed by atoms with Crippen molar-refractivity contribution in [2.75, 3.05) is 29.3 Å². The number of aromatic nitrogens is 2. The first-order chi connectivity index (χ1) is 14.1. The van der Waals surface area contributed by atoms with Crippen LogP contribution in [-0.2, 0) is 4.74 Å². The molecular weight excluding hydrogens is 366 g/mol. The standard InChI is InChI=1S/C22H25N5O2/c1-16-8-7-9-18(14-16)25-22(28)27(19-10-5-4-6-11-19)20-12-13-23-21(26-20)24-17(2)15-29-3/h4-14,17H,15H2,1-3H3,(H,25,28)(H,23,24,26)/t17-/m0/s1. The van der Waals surface area contributed by atoms with Crippen molar-refractivity contribution in [2.45, 2.75) is 19.9 Å². The number of anilines is 4. The molecule has 2 aromatic carbocycles. The number of nitrogens with one attached hydrogen (secondary N) is 2. The van der Waals surface area contributed by atoms with Crippen molar-refractivity contribution in [1.29, 1.82) is 0 Å². The van der Waals surface area contributed by atoms with E-state index in [-0.39, 0.29) is 12.1 Å². The molecule has 0 radical (unpaired) electrons. The first-order valence-electron chi connectivity index (χ1n) is 9.38. The number of aryl methyl sites for hydroxylation is 1. The number of para-hydroxylation sites is 1. The Balaban J connectivity index is 1.91. The zero-order chi connectivity index (χ0) is 20.6. The van der Waals surface area contributed by atoms with Gasteiger partial charge in [-0.25, -0.2) is 14.7 Å². The molecule has 150 valence electrons. The number of urea groups is 1. The maximum atomic E-state index is 13.2. The molecule has 0 saturated heterocycles. The van der Waals surface area contributed by atoms with Crippen molar-refractivity contribution in [1.82, 2.24) is 9.97 Å². The summed E-state index contributed by atoms with van der Waals surface area (Å²) in [4.78, 5) is 23.5. The minimum atomic E-state index is -0.309. The minimum absolute atomic E-state index is 0.0292. The van der Waals surface area contributed by atoms with Gasteiger partial charge in [-0.2, -0.15) is 4.98 Å². The van der Waals surface area contributed by atoms with E-state index in [0.29, 0.717) is 24.1 Å². The molecule has 0 saturated carbocycles. The Morgan fingerprint density at radius 3 is 2.66 bits per heavy atom. The minimum Gasteiger partial charge on any atom is -0.383 e. The van der Waals surface area contributed by atoms with Gasteiger partial charge in [0.1, 0.15) is 5.82 Å². The van der Waals surface area contributed by atoms with E-state index >= 15 is 0 Å². The normalized spacial score (nSPS) is 11.6. The van der Waals surface area contributed by atoms with E-state index in [1.165, 1.54) is 4.90 Å². The van der Waals surface area contributed by atoms with Gasteiger partial charge < -0.3 is 15.4 Å². The summed E-state index contributed by atoms with van der Waals surface area (Å²) in [5, 5.41) is 6.13. The van der Waals surface area contributed by atoms with Gasteiger partial charge in [0.2, 0.25) is 5.95 Å². The highest BCUT2D eigenvalue weighted by molar-refractivity contribution is 6.06. The number of carbonyl (C=O) groups is 1. The highest BCUT2D eigenvalue weighted by atomic mass is 16.5. The number of ether oxygens (including phenoxy) is 1. The van der Waals surface area contributed by atoms with Crippen LogP contribution in [0.3, 0.4) is 0 Å². The lowest BCUT2D eigenvalue weighted by Gasteiger charge is -2.23. The lowest BCUT2D eigenvalue weighted by Crippen LogP contribution is -2.32. The second-order valence-electron chi connectivity index (χ2n) is 6.71. The summed E-state index contributed by atoms with van der Waals surface area (Å²) in [6.07, 6.45) is 1.63. The molecule has 3 rings (SSSR count). The SMILES string of the molecule is COC[C@H](C)Nc1nccc(N(C(=O)Nc2cccc(C)c2)c2ccccc2)n1. The highest BCUT2D eigenvalue weighted by Crippen LogP contribution is 2.25. The largest absolute Gasteiger partial charge is 0.383 e. The van der Waals surface area contributed by atoms with Crippen molar-refractivity contribution in [2.24, 2.45) is 0 Å². The van der Waals surface area contributed by atoms with Crippen LogP contribution in [0.4, 0.5) is 27.9 Å². The van der Waals surface area contributed by atoms with E-state index < -0.39 is 0 Å². The quantitative estimate of drug-likeness (QED) is 0.615. The number of nitrogens with zero attached hydrogens (tertiary/aromatic N) is 3. The molecule has 7 nitrogen and oxygen atoms in total. The van der Waals surface area contributed by atoms with E-state index in [1.807, 2.05) is 68.4 Å². The molecule has 0 fully saturated rings. The average Bonchev–Trinajstić information content (AvgIpc) is 2.69. The molecule has 0 bridgehead atoms. The molecule has 7 heteroatoms. The number of methoxy groups -OCH3 is 1. The number of hydrogen-bond acceptors (Lipinski definition) is 5. The van der Waals surface area contributed by atoms with E-state index in [0.717, 1.165) is 11.3 Å². The van der Waals surface area contributed by atoms with Crippen LogP contribution in [0.5, 0.6) is 0 Å². The fraction of sp³-hybridized carbons (Fsp3) is 0.227. The third-order valence-corrected chi connectivity index (χ3v) is 4.15. The topological polar surface area (TPSA) is 79.4 Å². The van der Waals surface area contributed by atoms with Crippen LogP contribution in [0.15, 0.2) is 66.9 Å². The summed E-state index contributed by atoms with van der Waals surface area (Å²) in [6.45, 7) is 4.47. The number of amides is 2. The predicted molar refractivity (Wildman–Crippen MR) is 116 cm³/mol. The smallest absolute Gasteiger partial charge is 0.332 e. The number of benzene rings is 2. The van der Waals surface area contributed by atoms with Crippen molar-refractivity contribution < 1.29 is 9.53 Å². The lowest BCUT2D eigenvalue weighted by molar-refractivity contribution is 0.190. The molecule has 0 unspecified atom stereocenters. The molecule has 1 heterocycles. The predicted octanol–water partition coefficient (Wildman–Crippen LogP) is 4.60. The van der Waals surface area contributed by atoms with Crippen LogP contribution in [0.25, 0.3) is 0 Å². The van der Waals surface area contributed by atoms with Crippen LogP contribution in [0.2, 0.25) is 0 Å². The Morgan fingerprint density at radius 2 is 1.93 bits per heavy atom. The molecule has 2 amide bonds. The van der Waals surface area contributed by atoms with Gasteiger partial charge in [0.25, 0.3) is 0 Å². The molecule has 0 aliphatic carbocycles. The number of rotatable bonds is 7. The van der Waals surface area contributed by atoms with Gasteiger partial charge in [-0.3, -0.25) is 0 Å². The van der Waals surface area contributed by atoms with Gasteiger partial charge >= 0.3 is 6.03 Å². The van der Waals surface area contributed by atoms with E-state index in [1.54, 1.807) is 19.4 Å². The first-order valence-corrected chi connectivity index (χ1v) is 9.38. The summed E-state index contributed by atoms with van der Waals surface area (Å²) in [6, 6.07) is 18.5. The van der Waals surface area contributed by atoms with Gasteiger partial charge in [-0.1, -0.05) is 30.3 Å². The Kier molecular flexibility index (Phi) is 6.76. The van der Waals surface area contributed by atoms with Gasteiger partial charge in [-0.05, 0) is 43.7 Å². The second-order valence-corrected chi connectivity index (χ2v) is 6.71. The van der Waals surface area contributed by atoms with Crippen molar-refractivity contribution in [3.63, 3.8) is 0 Å². The van der Waals surface area contributed by atoms with Crippen LogP contribution in [0.1, 0.15) is 12.5 Å². The van der Waals surface area contributed by atoms with E-state index in [9.17, 15) is 4.79 Å². The van der Waals surface area contributed by atoms with Crippen molar-refractivity contribution in [3.8, 4) is 0 Å². The molecule has 0 aliphatic heterocycles. The molecule has 29 heavy (non-hydrogen) atoms. The van der Waals surface area contributed by atoms with E-state index in [2.05, 4.69) is 20.6 Å². The van der Waals surface area contributed by atoms with Crippen LogP contribution >= 0.6 is 0 Å². The summed E-state index contributed by atoms with van der Waals surface area (Å²) < 4.78 is 5.14. The third-order valence-electron chi connectivity index (χ3n) is 4.15. The van der Waals surface area contributed by atoms with Gasteiger partial charge in [0, 0.05) is 31.1 Å². The number of hydrogen-bond donors (Lipinski definition) is 2. The first kappa shape index (κ1) is 20.3. The zero-order valence-electron chi connectivity index (χ0n) is 16.8. The lowest BCUT2D eigenvalue weighted by atomic mass is 10.2. The molecule has 2 N–H and O–H groups in total. The Labute approximate surface area is 170 Å². The molecule has 1 atom stereocenters. The zero-order valence-corrected chi connectivity index (χ0v) is 16.8. The summed E-state index contributed by atoms with van der Waals surface area (Å²) in [7, 11) is 1.64. The Morgan fingerprint density at radius 1 is 1.14 bits per heavy atom. The maximum Gasteiger partial charge on any atom is 0.332 e. The molecular formula is C22H25N5O2. The van der Waals surface area contributed by atoms with Crippen LogP contribution in [0, 0.1) is 6.92 Å². The summed E-state index contributed by atoms with van der Waals surface area (Å²) in [5.74, 6) is 0.889. The Bertz CT molecular complexity index is 949. The summed E-state index contributed by atoms with van der Waals surface area (Å²) >= 11 is 0. The highest BCUT2D eigenvalue weighted by Gasteiger charge is 2.20. The van der Waals surface area contributed by atoms with Crippen molar-refractivity contribution in [3.05, 3.63) is 72.4 Å². The van der Waals surface area contributed by atoms with Gasteiger partial charge in [0.15, 0.2) is 0 Å². The van der Waals surface area contributed by atoms with Gasteiger partial charge in [0.05, 0.1) is 12.3 Å².